The molecule has 0 aliphatic rings. The molecule has 0 radical (unpaired) electrons. The molecule has 0 aliphatic heterocycles. The van der Waals surface area contributed by atoms with Gasteiger partial charge in [0.25, 0.3) is 0 Å². The number of hydrogen-bond donors (Lipinski definition) is 1. The van der Waals surface area contributed by atoms with E-state index >= 15 is 0 Å². The lowest BCUT2D eigenvalue weighted by molar-refractivity contribution is 0.613. The Kier molecular flexibility index (Phi) is 2.56. The van der Waals surface area contributed by atoms with Gasteiger partial charge in [0.15, 0.2) is 5.58 Å². The van der Waals surface area contributed by atoms with Gasteiger partial charge in [-0.05, 0) is 52.3 Å². The van der Waals surface area contributed by atoms with Crippen LogP contribution in [0.2, 0.25) is 0 Å². The average molecular weight is 307 g/mol. The topological polar surface area (TPSA) is 52.0 Å². The lowest BCUT2D eigenvalue weighted by Crippen LogP contribution is -1.82. The first kappa shape index (κ1) is 11.2. The monoisotopic (exact) mass is 306 g/mol. The Morgan fingerprint density at radius 1 is 1.17 bits per heavy atom. The molecular weight excluding hydrogens is 299 g/mol. The summed E-state index contributed by atoms with van der Waals surface area (Å²) in [7, 11) is 0. The molecule has 0 bridgehead atoms. The number of oxazole rings is 1. The average Bonchev–Trinajstić information content (AvgIpc) is 2.75. The highest BCUT2D eigenvalue weighted by Gasteiger charge is 2.10. The first-order valence-electron chi connectivity index (χ1n) is 5.25. The number of nitrogen functional groups attached to an aromatic ring is 1. The lowest BCUT2D eigenvalue weighted by atomic mass is 10.2. The number of aromatic nitrogens is 1. The van der Waals surface area contributed by atoms with Crippen molar-refractivity contribution >= 4 is 32.7 Å². The second kappa shape index (κ2) is 4.10. The van der Waals surface area contributed by atoms with Crippen LogP contribution >= 0.6 is 15.9 Å². The molecule has 0 atom stereocenters. The molecule has 3 nitrogen and oxygen atoms in total. The van der Waals surface area contributed by atoms with Gasteiger partial charge in [-0.1, -0.05) is 0 Å². The minimum absolute atomic E-state index is 0.320. The number of nitrogens with two attached hydrogens (primary N) is 1. The third kappa shape index (κ3) is 1.86. The summed E-state index contributed by atoms with van der Waals surface area (Å²) < 4.78 is 19.1. The van der Waals surface area contributed by atoms with E-state index in [1.165, 1.54) is 6.07 Å². The predicted octanol–water partition coefficient (Wildman–Crippen LogP) is 3.98. The second-order valence-electron chi connectivity index (χ2n) is 3.88. The number of benzene rings is 2. The summed E-state index contributed by atoms with van der Waals surface area (Å²) in [5, 5.41) is 0. The standard InChI is InChI=1S/C13H8BrFN2O/c14-9-5-7(1-3-10(9)15)13-17-11-6-8(16)2-4-12(11)18-13/h1-6H,16H2. The van der Waals surface area contributed by atoms with Crippen molar-refractivity contribution in [2.24, 2.45) is 0 Å². The highest BCUT2D eigenvalue weighted by atomic mass is 79.9. The van der Waals surface area contributed by atoms with Gasteiger partial charge in [-0.3, -0.25) is 0 Å². The zero-order valence-corrected chi connectivity index (χ0v) is 10.7. The molecule has 0 unspecified atom stereocenters. The molecule has 2 aromatic carbocycles. The van der Waals surface area contributed by atoms with Gasteiger partial charge in [0.1, 0.15) is 11.3 Å². The summed E-state index contributed by atoms with van der Waals surface area (Å²) >= 11 is 3.13. The molecule has 1 heterocycles. The van der Waals surface area contributed by atoms with Crippen molar-refractivity contribution in [3.05, 3.63) is 46.7 Å². The summed E-state index contributed by atoms with van der Waals surface area (Å²) in [4.78, 5) is 4.32. The van der Waals surface area contributed by atoms with Crippen molar-refractivity contribution in [1.29, 1.82) is 0 Å². The third-order valence-electron chi connectivity index (χ3n) is 2.58. The number of rotatable bonds is 1. The molecule has 0 spiro atoms. The molecule has 1 aromatic heterocycles. The van der Waals surface area contributed by atoms with Crippen LogP contribution in [-0.4, -0.2) is 4.98 Å². The summed E-state index contributed by atoms with van der Waals surface area (Å²) in [5.41, 5.74) is 8.35. The van der Waals surface area contributed by atoms with Gasteiger partial charge in [-0.2, -0.15) is 0 Å². The first-order chi connectivity index (χ1) is 8.63. The maximum absolute atomic E-state index is 13.2. The summed E-state index contributed by atoms with van der Waals surface area (Å²) in [6.07, 6.45) is 0. The Balaban J connectivity index is 2.16. The van der Waals surface area contributed by atoms with E-state index in [1.54, 1.807) is 30.3 Å². The predicted molar refractivity (Wildman–Crippen MR) is 71.5 cm³/mol. The van der Waals surface area contributed by atoms with E-state index in [1.807, 2.05) is 0 Å². The van der Waals surface area contributed by atoms with E-state index in [0.717, 1.165) is 0 Å². The van der Waals surface area contributed by atoms with Gasteiger partial charge >= 0.3 is 0 Å². The smallest absolute Gasteiger partial charge is 0.227 e. The van der Waals surface area contributed by atoms with Crippen molar-refractivity contribution < 1.29 is 8.81 Å². The highest BCUT2D eigenvalue weighted by Crippen LogP contribution is 2.28. The van der Waals surface area contributed by atoms with Crippen molar-refractivity contribution in [3.8, 4) is 11.5 Å². The lowest BCUT2D eigenvalue weighted by Gasteiger charge is -1.97. The van der Waals surface area contributed by atoms with E-state index in [-0.39, 0.29) is 5.82 Å². The van der Waals surface area contributed by atoms with Crippen LogP contribution in [0, 0.1) is 5.82 Å². The minimum Gasteiger partial charge on any atom is -0.436 e. The van der Waals surface area contributed by atoms with Gasteiger partial charge in [0.2, 0.25) is 5.89 Å². The van der Waals surface area contributed by atoms with Crippen molar-refractivity contribution in [1.82, 2.24) is 4.98 Å². The molecule has 0 fully saturated rings. The maximum Gasteiger partial charge on any atom is 0.227 e. The van der Waals surface area contributed by atoms with Crippen molar-refractivity contribution in [3.63, 3.8) is 0 Å². The van der Waals surface area contributed by atoms with Crippen molar-refractivity contribution in [2.75, 3.05) is 5.73 Å². The SMILES string of the molecule is Nc1ccc2oc(-c3ccc(F)c(Br)c3)nc2c1. The van der Waals surface area contributed by atoms with Crippen LogP contribution in [0.1, 0.15) is 0 Å². The third-order valence-corrected chi connectivity index (χ3v) is 3.19. The largest absolute Gasteiger partial charge is 0.436 e. The number of anilines is 1. The fraction of sp³-hybridized carbons (Fsp3) is 0. The normalized spacial score (nSPS) is 11.0. The fourth-order valence-corrected chi connectivity index (χ4v) is 2.08. The number of hydrogen-bond acceptors (Lipinski definition) is 3. The zero-order valence-electron chi connectivity index (χ0n) is 9.15. The summed E-state index contributed by atoms with van der Waals surface area (Å²) in [5.74, 6) is 0.121. The number of fused-ring (bicyclic) bond motifs is 1. The number of halogens is 2. The second-order valence-corrected chi connectivity index (χ2v) is 4.73. The van der Waals surface area contributed by atoms with Gasteiger partial charge in [0.05, 0.1) is 4.47 Å². The molecule has 18 heavy (non-hydrogen) atoms. The molecule has 0 aliphatic carbocycles. The van der Waals surface area contributed by atoms with E-state index in [4.69, 9.17) is 10.2 Å². The van der Waals surface area contributed by atoms with Crippen molar-refractivity contribution in [2.45, 2.75) is 0 Å². The van der Waals surface area contributed by atoms with Crippen LogP contribution < -0.4 is 5.73 Å². The van der Waals surface area contributed by atoms with E-state index in [9.17, 15) is 4.39 Å². The maximum atomic E-state index is 13.2. The molecule has 0 saturated heterocycles. The minimum atomic E-state index is -0.320. The van der Waals surface area contributed by atoms with Crippen LogP contribution in [0.25, 0.3) is 22.6 Å². The molecule has 2 N–H and O–H groups in total. The van der Waals surface area contributed by atoms with Gasteiger partial charge in [-0.15, -0.1) is 0 Å². The molecule has 3 rings (SSSR count). The quantitative estimate of drug-likeness (QED) is 0.692. The fourth-order valence-electron chi connectivity index (χ4n) is 1.70. The Labute approximate surface area is 111 Å². The molecule has 5 heteroatoms. The Bertz CT molecular complexity index is 739. The van der Waals surface area contributed by atoms with Crippen LogP contribution in [0.4, 0.5) is 10.1 Å². The van der Waals surface area contributed by atoms with E-state index < -0.39 is 0 Å². The first-order valence-corrected chi connectivity index (χ1v) is 6.04. The Hall–Kier alpha value is -1.88. The van der Waals surface area contributed by atoms with Gasteiger partial charge in [0, 0.05) is 11.3 Å². The Morgan fingerprint density at radius 3 is 2.78 bits per heavy atom. The summed E-state index contributed by atoms with van der Waals surface area (Å²) in [6, 6.07) is 9.86. The van der Waals surface area contributed by atoms with Gasteiger partial charge < -0.3 is 10.2 Å². The van der Waals surface area contributed by atoms with E-state index in [2.05, 4.69) is 20.9 Å². The van der Waals surface area contributed by atoms with E-state index in [0.29, 0.717) is 32.7 Å². The number of nitrogens with zero attached hydrogens (tertiary/aromatic N) is 1. The molecule has 3 aromatic rings. The highest BCUT2D eigenvalue weighted by molar-refractivity contribution is 9.10. The van der Waals surface area contributed by atoms with Crippen LogP contribution in [0.15, 0.2) is 45.3 Å². The zero-order chi connectivity index (χ0) is 12.7. The van der Waals surface area contributed by atoms with Gasteiger partial charge in [-0.25, -0.2) is 9.37 Å². The molecular formula is C13H8BrFN2O. The molecule has 0 amide bonds. The molecule has 90 valence electrons. The van der Waals surface area contributed by atoms with Crippen LogP contribution in [0.5, 0.6) is 0 Å². The van der Waals surface area contributed by atoms with Crippen LogP contribution in [0.3, 0.4) is 0 Å². The van der Waals surface area contributed by atoms with Crippen LogP contribution in [-0.2, 0) is 0 Å². The molecule has 0 saturated carbocycles. The summed E-state index contributed by atoms with van der Waals surface area (Å²) in [6.45, 7) is 0. The Morgan fingerprint density at radius 2 is 2.00 bits per heavy atom.